The SMILES string of the molecule is CCOC1(c2nnc3n2CCCC3)CCOC1. The maximum Gasteiger partial charge on any atom is 0.167 e. The lowest BCUT2D eigenvalue weighted by Crippen LogP contribution is -2.34. The van der Waals surface area contributed by atoms with Gasteiger partial charge in [0.15, 0.2) is 11.4 Å². The molecule has 94 valence electrons. The van der Waals surface area contributed by atoms with Gasteiger partial charge in [0, 0.05) is 26.0 Å². The van der Waals surface area contributed by atoms with Crippen LogP contribution >= 0.6 is 0 Å². The lowest BCUT2D eigenvalue weighted by atomic mass is 10.0. The first-order valence-electron chi connectivity index (χ1n) is 6.50. The lowest BCUT2D eigenvalue weighted by molar-refractivity contribution is -0.0572. The summed E-state index contributed by atoms with van der Waals surface area (Å²) >= 11 is 0. The number of aryl methyl sites for hydroxylation is 1. The molecule has 0 radical (unpaired) electrons. The van der Waals surface area contributed by atoms with Gasteiger partial charge in [-0.05, 0) is 19.8 Å². The lowest BCUT2D eigenvalue weighted by Gasteiger charge is -2.28. The Morgan fingerprint density at radius 2 is 2.35 bits per heavy atom. The number of rotatable bonds is 3. The zero-order valence-electron chi connectivity index (χ0n) is 10.3. The molecule has 3 heterocycles. The van der Waals surface area contributed by atoms with Gasteiger partial charge >= 0.3 is 0 Å². The first-order chi connectivity index (χ1) is 8.36. The fraction of sp³-hybridized carbons (Fsp3) is 0.833. The van der Waals surface area contributed by atoms with Gasteiger partial charge in [-0.3, -0.25) is 0 Å². The molecule has 5 nitrogen and oxygen atoms in total. The molecule has 1 unspecified atom stereocenters. The first kappa shape index (κ1) is 11.2. The van der Waals surface area contributed by atoms with Crippen molar-refractivity contribution in [1.29, 1.82) is 0 Å². The van der Waals surface area contributed by atoms with E-state index in [0.717, 1.165) is 37.6 Å². The van der Waals surface area contributed by atoms with Gasteiger partial charge in [-0.1, -0.05) is 0 Å². The number of ether oxygens (including phenoxy) is 2. The quantitative estimate of drug-likeness (QED) is 0.794. The summed E-state index contributed by atoms with van der Waals surface area (Å²) in [5.74, 6) is 2.09. The minimum atomic E-state index is -0.350. The summed E-state index contributed by atoms with van der Waals surface area (Å²) in [7, 11) is 0. The summed E-state index contributed by atoms with van der Waals surface area (Å²) in [6.45, 7) is 5.09. The molecule has 0 bridgehead atoms. The second-order valence-electron chi connectivity index (χ2n) is 4.78. The molecule has 0 amide bonds. The summed E-state index contributed by atoms with van der Waals surface area (Å²) in [5, 5.41) is 8.68. The number of fused-ring (bicyclic) bond motifs is 1. The van der Waals surface area contributed by atoms with Crippen LogP contribution in [-0.4, -0.2) is 34.6 Å². The van der Waals surface area contributed by atoms with Gasteiger partial charge in [0.05, 0.1) is 13.2 Å². The van der Waals surface area contributed by atoms with Crippen LogP contribution in [0.15, 0.2) is 0 Å². The van der Waals surface area contributed by atoms with E-state index in [2.05, 4.69) is 14.8 Å². The van der Waals surface area contributed by atoms with E-state index in [-0.39, 0.29) is 5.60 Å². The van der Waals surface area contributed by atoms with Crippen molar-refractivity contribution in [3.63, 3.8) is 0 Å². The fourth-order valence-electron chi connectivity index (χ4n) is 2.82. The van der Waals surface area contributed by atoms with Gasteiger partial charge < -0.3 is 14.0 Å². The van der Waals surface area contributed by atoms with Crippen molar-refractivity contribution in [1.82, 2.24) is 14.8 Å². The van der Waals surface area contributed by atoms with Crippen LogP contribution in [0.3, 0.4) is 0 Å². The van der Waals surface area contributed by atoms with Gasteiger partial charge in [0.2, 0.25) is 0 Å². The Hall–Kier alpha value is -0.940. The molecule has 0 aromatic carbocycles. The maximum absolute atomic E-state index is 5.95. The van der Waals surface area contributed by atoms with E-state index in [1.807, 2.05) is 6.92 Å². The maximum atomic E-state index is 5.95. The molecule has 1 aromatic rings. The summed E-state index contributed by atoms with van der Waals surface area (Å²) < 4.78 is 13.7. The molecule has 17 heavy (non-hydrogen) atoms. The van der Waals surface area contributed by atoms with Crippen LogP contribution in [-0.2, 0) is 28.0 Å². The highest BCUT2D eigenvalue weighted by molar-refractivity contribution is 5.10. The molecule has 1 aromatic heterocycles. The smallest absolute Gasteiger partial charge is 0.167 e. The van der Waals surface area contributed by atoms with E-state index < -0.39 is 0 Å². The van der Waals surface area contributed by atoms with Crippen molar-refractivity contribution < 1.29 is 9.47 Å². The van der Waals surface area contributed by atoms with Crippen LogP contribution in [0.25, 0.3) is 0 Å². The molecule has 0 N–H and O–H groups in total. The minimum absolute atomic E-state index is 0.350. The Balaban J connectivity index is 1.98. The highest BCUT2D eigenvalue weighted by Gasteiger charge is 2.42. The Kier molecular flexibility index (Phi) is 2.88. The molecule has 0 saturated carbocycles. The number of nitrogens with zero attached hydrogens (tertiary/aromatic N) is 3. The van der Waals surface area contributed by atoms with E-state index in [1.165, 1.54) is 12.8 Å². The topological polar surface area (TPSA) is 49.2 Å². The summed E-state index contributed by atoms with van der Waals surface area (Å²) in [5.41, 5.74) is -0.350. The monoisotopic (exact) mass is 237 g/mol. The van der Waals surface area contributed by atoms with Crippen LogP contribution in [0.2, 0.25) is 0 Å². The second kappa shape index (κ2) is 4.38. The van der Waals surface area contributed by atoms with Crippen LogP contribution in [0, 0.1) is 0 Å². The molecule has 2 aliphatic heterocycles. The van der Waals surface area contributed by atoms with Crippen molar-refractivity contribution in [2.45, 2.75) is 44.8 Å². The molecular weight excluding hydrogens is 218 g/mol. The first-order valence-corrected chi connectivity index (χ1v) is 6.50. The van der Waals surface area contributed by atoms with Gasteiger partial charge in [-0.25, -0.2) is 0 Å². The summed E-state index contributed by atoms with van der Waals surface area (Å²) in [6, 6.07) is 0. The van der Waals surface area contributed by atoms with Crippen LogP contribution in [0.5, 0.6) is 0 Å². The third-order valence-corrected chi connectivity index (χ3v) is 3.67. The van der Waals surface area contributed by atoms with Crippen molar-refractivity contribution in [3.05, 3.63) is 11.6 Å². The molecule has 0 aliphatic carbocycles. The Bertz CT molecular complexity index is 396. The molecule has 1 atom stereocenters. The largest absolute Gasteiger partial charge is 0.378 e. The second-order valence-corrected chi connectivity index (χ2v) is 4.78. The Labute approximate surface area is 101 Å². The number of hydrogen-bond acceptors (Lipinski definition) is 4. The van der Waals surface area contributed by atoms with Gasteiger partial charge in [0.25, 0.3) is 0 Å². The third-order valence-electron chi connectivity index (χ3n) is 3.67. The van der Waals surface area contributed by atoms with E-state index in [9.17, 15) is 0 Å². The number of hydrogen-bond donors (Lipinski definition) is 0. The van der Waals surface area contributed by atoms with Crippen LogP contribution in [0.4, 0.5) is 0 Å². The van der Waals surface area contributed by atoms with Gasteiger partial charge in [-0.2, -0.15) is 0 Å². The van der Waals surface area contributed by atoms with E-state index >= 15 is 0 Å². The van der Waals surface area contributed by atoms with Crippen LogP contribution < -0.4 is 0 Å². The fourth-order valence-corrected chi connectivity index (χ4v) is 2.82. The molecule has 1 saturated heterocycles. The average molecular weight is 237 g/mol. The molecule has 2 aliphatic rings. The summed E-state index contributed by atoms with van der Waals surface area (Å²) in [4.78, 5) is 0. The zero-order valence-corrected chi connectivity index (χ0v) is 10.3. The van der Waals surface area contributed by atoms with Crippen molar-refractivity contribution in [2.24, 2.45) is 0 Å². The van der Waals surface area contributed by atoms with Crippen molar-refractivity contribution in [2.75, 3.05) is 19.8 Å². The highest BCUT2D eigenvalue weighted by atomic mass is 16.6. The normalized spacial score (nSPS) is 28.3. The predicted molar refractivity (Wildman–Crippen MR) is 61.7 cm³/mol. The van der Waals surface area contributed by atoms with E-state index in [1.54, 1.807) is 0 Å². The predicted octanol–water partition coefficient (Wildman–Crippen LogP) is 1.27. The van der Waals surface area contributed by atoms with Gasteiger partial charge in [-0.15, -0.1) is 10.2 Å². The van der Waals surface area contributed by atoms with E-state index in [0.29, 0.717) is 13.2 Å². The molecular formula is C12H19N3O2. The van der Waals surface area contributed by atoms with Crippen LogP contribution in [0.1, 0.15) is 37.8 Å². The average Bonchev–Trinajstić information content (AvgIpc) is 2.96. The Morgan fingerprint density at radius 3 is 3.12 bits per heavy atom. The zero-order chi connectivity index (χ0) is 11.7. The highest BCUT2D eigenvalue weighted by Crippen LogP contribution is 2.34. The minimum Gasteiger partial charge on any atom is -0.378 e. The van der Waals surface area contributed by atoms with E-state index in [4.69, 9.17) is 9.47 Å². The van der Waals surface area contributed by atoms with Crippen molar-refractivity contribution >= 4 is 0 Å². The Morgan fingerprint density at radius 1 is 1.41 bits per heavy atom. The standard InChI is InChI=1S/C12H19N3O2/c1-2-17-12(6-8-16-9-12)11-14-13-10-5-3-4-7-15(10)11/h2-9H2,1H3. The molecule has 1 fully saturated rings. The molecule has 5 heteroatoms. The number of aromatic nitrogens is 3. The van der Waals surface area contributed by atoms with Crippen molar-refractivity contribution in [3.8, 4) is 0 Å². The molecule has 3 rings (SSSR count). The molecule has 0 spiro atoms. The third kappa shape index (κ3) is 1.77. The summed E-state index contributed by atoms with van der Waals surface area (Å²) in [6.07, 6.45) is 4.35. The van der Waals surface area contributed by atoms with Gasteiger partial charge in [0.1, 0.15) is 5.82 Å².